The molecule has 480 valence electrons. The molecule has 6 nitrogen and oxygen atoms in total. The molecule has 0 saturated carbocycles. The molecule has 0 bridgehead atoms. The molecule has 0 radical (unpaired) electrons. The topological polar surface area (TPSA) is 78.9 Å². The molecular formula is C76H140O6. The molecule has 1 atom stereocenters. The second kappa shape index (κ2) is 70.9. The smallest absolute Gasteiger partial charge is 0.306 e. The third kappa shape index (κ3) is 68.2. The van der Waals surface area contributed by atoms with Crippen molar-refractivity contribution < 1.29 is 28.6 Å². The van der Waals surface area contributed by atoms with Crippen LogP contribution >= 0.6 is 0 Å². The first-order valence-corrected chi connectivity index (χ1v) is 36.6. The molecule has 0 spiro atoms. The minimum Gasteiger partial charge on any atom is -0.462 e. The lowest BCUT2D eigenvalue weighted by Gasteiger charge is -2.18. The van der Waals surface area contributed by atoms with E-state index in [-0.39, 0.29) is 31.1 Å². The normalized spacial score (nSPS) is 12.3. The summed E-state index contributed by atoms with van der Waals surface area (Å²) in [7, 11) is 0. The average Bonchev–Trinajstić information content (AvgIpc) is 3.47. The van der Waals surface area contributed by atoms with Crippen LogP contribution in [0.5, 0.6) is 0 Å². The van der Waals surface area contributed by atoms with Crippen LogP contribution in [0.15, 0.2) is 48.6 Å². The van der Waals surface area contributed by atoms with E-state index in [1.54, 1.807) is 0 Å². The van der Waals surface area contributed by atoms with Gasteiger partial charge in [0, 0.05) is 19.3 Å². The van der Waals surface area contributed by atoms with Crippen molar-refractivity contribution in [2.24, 2.45) is 0 Å². The van der Waals surface area contributed by atoms with Gasteiger partial charge in [0.2, 0.25) is 0 Å². The fourth-order valence-corrected chi connectivity index (χ4v) is 11.0. The molecule has 0 saturated heterocycles. The first-order valence-electron chi connectivity index (χ1n) is 36.6. The fourth-order valence-electron chi connectivity index (χ4n) is 11.0. The SMILES string of the molecule is CCCC/C=C\C/C=C\CCCCCCCC(=O)OCC(COC(=O)CCCCCCCCCCCCCCCCCCCCCCCCC/C=C\CCCCCCCCCC)OC(=O)CCCCCCC/C=C\CCCCCCCC. The number of carbonyl (C=O) groups is 3. The van der Waals surface area contributed by atoms with Gasteiger partial charge >= 0.3 is 17.9 Å². The van der Waals surface area contributed by atoms with Gasteiger partial charge in [-0.25, -0.2) is 0 Å². The Morgan fingerprint density at radius 3 is 0.720 bits per heavy atom. The fraction of sp³-hybridized carbons (Fsp3) is 0.855. The van der Waals surface area contributed by atoms with Crippen molar-refractivity contribution >= 4 is 17.9 Å². The van der Waals surface area contributed by atoms with Gasteiger partial charge in [-0.1, -0.05) is 333 Å². The molecule has 6 heteroatoms. The summed E-state index contributed by atoms with van der Waals surface area (Å²) < 4.78 is 16.9. The molecule has 0 fully saturated rings. The van der Waals surface area contributed by atoms with Crippen LogP contribution in [0, 0.1) is 0 Å². The van der Waals surface area contributed by atoms with Gasteiger partial charge in [-0.2, -0.15) is 0 Å². The molecule has 82 heavy (non-hydrogen) atoms. The van der Waals surface area contributed by atoms with Crippen molar-refractivity contribution in [1.82, 2.24) is 0 Å². The Morgan fingerprint density at radius 2 is 0.451 bits per heavy atom. The van der Waals surface area contributed by atoms with Crippen molar-refractivity contribution in [3.63, 3.8) is 0 Å². The average molecular weight is 1150 g/mol. The van der Waals surface area contributed by atoms with Crippen LogP contribution in [-0.2, 0) is 28.6 Å². The minimum atomic E-state index is -0.782. The van der Waals surface area contributed by atoms with Gasteiger partial charge in [0.15, 0.2) is 6.10 Å². The largest absolute Gasteiger partial charge is 0.462 e. The zero-order valence-corrected chi connectivity index (χ0v) is 55.3. The number of hydrogen-bond acceptors (Lipinski definition) is 6. The number of allylic oxidation sites excluding steroid dienone is 8. The Morgan fingerprint density at radius 1 is 0.244 bits per heavy atom. The van der Waals surface area contributed by atoms with E-state index in [1.165, 1.54) is 276 Å². The van der Waals surface area contributed by atoms with E-state index in [9.17, 15) is 14.4 Å². The van der Waals surface area contributed by atoms with Crippen LogP contribution in [0.25, 0.3) is 0 Å². The molecule has 0 aliphatic rings. The molecular weight excluding hydrogens is 1010 g/mol. The Labute approximate surface area is 511 Å². The number of ether oxygens (including phenoxy) is 3. The highest BCUT2D eigenvalue weighted by atomic mass is 16.6. The summed E-state index contributed by atoms with van der Waals surface area (Å²) in [5.41, 5.74) is 0. The molecule has 0 aromatic rings. The van der Waals surface area contributed by atoms with E-state index in [0.29, 0.717) is 19.3 Å². The second-order valence-electron chi connectivity index (χ2n) is 24.8. The lowest BCUT2D eigenvalue weighted by atomic mass is 10.0. The molecule has 0 rings (SSSR count). The monoisotopic (exact) mass is 1150 g/mol. The highest BCUT2D eigenvalue weighted by Gasteiger charge is 2.19. The molecule has 1 unspecified atom stereocenters. The van der Waals surface area contributed by atoms with Crippen LogP contribution < -0.4 is 0 Å². The Hall–Kier alpha value is -2.63. The van der Waals surface area contributed by atoms with Gasteiger partial charge in [0.25, 0.3) is 0 Å². The molecule has 0 aromatic carbocycles. The van der Waals surface area contributed by atoms with E-state index in [2.05, 4.69) is 69.4 Å². The number of rotatable bonds is 68. The van der Waals surface area contributed by atoms with Gasteiger partial charge in [-0.15, -0.1) is 0 Å². The maximum absolute atomic E-state index is 12.9. The van der Waals surface area contributed by atoms with Crippen molar-refractivity contribution in [2.45, 2.75) is 406 Å². The number of carbonyl (C=O) groups excluding carboxylic acids is 3. The number of esters is 3. The van der Waals surface area contributed by atoms with Crippen molar-refractivity contribution in [1.29, 1.82) is 0 Å². The Bertz CT molecular complexity index is 1410. The summed E-state index contributed by atoms with van der Waals surface area (Å²) in [4.78, 5) is 38.4. The zero-order valence-electron chi connectivity index (χ0n) is 55.3. The van der Waals surface area contributed by atoms with Crippen LogP contribution in [0.2, 0.25) is 0 Å². The molecule has 0 amide bonds. The second-order valence-corrected chi connectivity index (χ2v) is 24.8. The Kier molecular flexibility index (Phi) is 68.6. The molecule has 0 heterocycles. The Balaban J connectivity index is 4.07. The lowest BCUT2D eigenvalue weighted by molar-refractivity contribution is -0.167. The summed E-state index contributed by atoms with van der Waals surface area (Å²) in [6, 6.07) is 0. The maximum Gasteiger partial charge on any atom is 0.306 e. The van der Waals surface area contributed by atoms with E-state index >= 15 is 0 Å². The van der Waals surface area contributed by atoms with Gasteiger partial charge in [0.05, 0.1) is 0 Å². The van der Waals surface area contributed by atoms with Gasteiger partial charge < -0.3 is 14.2 Å². The van der Waals surface area contributed by atoms with Crippen LogP contribution in [0.3, 0.4) is 0 Å². The highest BCUT2D eigenvalue weighted by Crippen LogP contribution is 2.18. The summed E-state index contributed by atoms with van der Waals surface area (Å²) in [5, 5.41) is 0. The first kappa shape index (κ1) is 79.4. The number of hydrogen-bond donors (Lipinski definition) is 0. The van der Waals surface area contributed by atoms with Crippen molar-refractivity contribution in [2.75, 3.05) is 13.2 Å². The predicted octanol–water partition coefficient (Wildman–Crippen LogP) is 25.3. The predicted molar refractivity (Wildman–Crippen MR) is 358 cm³/mol. The highest BCUT2D eigenvalue weighted by molar-refractivity contribution is 5.71. The van der Waals surface area contributed by atoms with Crippen LogP contribution in [0.1, 0.15) is 400 Å². The quantitative estimate of drug-likeness (QED) is 0.0261. The van der Waals surface area contributed by atoms with Crippen molar-refractivity contribution in [3.05, 3.63) is 48.6 Å². The summed E-state index contributed by atoms with van der Waals surface area (Å²) >= 11 is 0. The van der Waals surface area contributed by atoms with Crippen LogP contribution in [-0.4, -0.2) is 37.2 Å². The summed E-state index contributed by atoms with van der Waals surface area (Å²) in [6.07, 6.45) is 90.3. The van der Waals surface area contributed by atoms with Gasteiger partial charge in [0.1, 0.15) is 13.2 Å². The van der Waals surface area contributed by atoms with Gasteiger partial charge in [-0.3, -0.25) is 14.4 Å². The summed E-state index contributed by atoms with van der Waals surface area (Å²) in [5.74, 6) is -0.877. The van der Waals surface area contributed by atoms with Crippen molar-refractivity contribution in [3.8, 4) is 0 Å². The molecule has 0 aromatic heterocycles. The van der Waals surface area contributed by atoms with E-state index in [0.717, 1.165) is 83.5 Å². The lowest BCUT2D eigenvalue weighted by Crippen LogP contribution is -2.30. The first-order chi connectivity index (χ1) is 40.5. The van der Waals surface area contributed by atoms with Crippen LogP contribution in [0.4, 0.5) is 0 Å². The minimum absolute atomic E-state index is 0.0770. The zero-order chi connectivity index (χ0) is 59.2. The third-order valence-electron chi connectivity index (χ3n) is 16.5. The molecule has 0 N–H and O–H groups in total. The maximum atomic E-state index is 12.9. The van der Waals surface area contributed by atoms with E-state index < -0.39 is 6.10 Å². The third-order valence-corrected chi connectivity index (χ3v) is 16.5. The summed E-state index contributed by atoms with van der Waals surface area (Å²) in [6.45, 7) is 6.63. The number of unbranched alkanes of at least 4 members (excludes halogenated alkanes) is 49. The van der Waals surface area contributed by atoms with E-state index in [4.69, 9.17) is 14.2 Å². The molecule has 0 aliphatic carbocycles. The van der Waals surface area contributed by atoms with Gasteiger partial charge in [-0.05, 0) is 96.3 Å². The molecule has 0 aliphatic heterocycles. The standard InChI is InChI=1S/C76H140O6/c1-4-7-10-13-16-19-22-25-28-29-30-31-32-33-34-35-36-37-38-39-40-41-42-43-44-45-46-47-49-51-54-57-60-63-66-69-75(78)81-72-73(71-80-74(77)68-65-62-59-56-53-50-27-24-21-18-15-12-9-6-3)82-76(79)70-67-64-61-58-55-52-48-26-23-20-17-14-11-8-5-2/h15,18,24,26-27,29-30,48,73H,4-14,16-17,19-23,25,28,31-47,49-72H2,1-3H3/b18-15-,27-24-,30-29-,48-26-. The van der Waals surface area contributed by atoms with E-state index in [1.807, 2.05) is 0 Å².